The molecule has 8 nitrogen and oxygen atoms in total. The molecule has 0 aliphatic carbocycles. The highest BCUT2D eigenvalue weighted by Crippen LogP contribution is 2.13. The van der Waals surface area contributed by atoms with Crippen molar-refractivity contribution in [1.82, 2.24) is 0 Å². The second-order valence-electron chi connectivity index (χ2n) is 10.4. The number of esters is 3. The van der Waals surface area contributed by atoms with E-state index in [1.807, 2.05) is 34.6 Å². The van der Waals surface area contributed by atoms with Crippen molar-refractivity contribution in [3.63, 3.8) is 0 Å². The van der Waals surface area contributed by atoms with Crippen molar-refractivity contribution in [2.45, 2.75) is 101 Å². The fraction of sp³-hybridized carbons (Fsp3) is 0.613. The van der Waals surface area contributed by atoms with Crippen molar-refractivity contribution < 1.29 is 38.5 Å². The van der Waals surface area contributed by atoms with Crippen molar-refractivity contribution in [3.8, 4) is 0 Å². The highest BCUT2D eigenvalue weighted by molar-refractivity contribution is 5.87. The Hall–Kier alpha value is -3.16. The molecule has 0 aromatic rings. The van der Waals surface area contributed by atoms with Crippen LogP contribution in [0.5, 0.6) is 0 Å². The molecule has 226 valence electrons. The van der Waals surface area contributed by atoms with Gasteiger partial charge in [0.05, 0.1) is 13.2 Å². The summed E-state index contributed by atoms with van der Waals surface area (Å²) < 4.78 is 14.9. The Labute approximate surface area is 237 Å². The van der Waals surface area contributed by atoms with Crippen molar-refractivity contribution >= 4 is 23.9 Å². The standard InChI is InChI=1S/C12H22O2.2C8H14O2.C3H4O2/c1-5-7-8-11(6-2)9-14-12(13)10(3)4;1-6(2)7(9)10-8(3,4)5;1-6(2)5-10-8(9)7(3)4;1-2-3(4)5/h11H,3,5-9H2,1-2,4H3;1H2,2-5H3;6H,3,5H2,1-2,4H3;2H,1H2,(H,4,5). The van der Waals surface area contributed by atoms with Gasteiger partial charge in [-0.2, -0.15) is 0 Å². The number of ether oxygens (including phenoxy) is 3. The van der Waals surface area contributed by atoms with E-state index in [9.17, 15) is 19.2 Å². The predicted octanol–water partition coefficient (Wildman–Crippen LogP) is 7.25. The molecule has 0 aromatic carbocycles. The van der Waals surface area contributed by atoms with Gasteiger partial charge in [0.15, 0.2) is 0 Å². The Morgan fingerprint density at radius 1 is 0.821 bits per heavy atom. The molecular weight excluding hydrogens is 500 g/mol. The lowest BCUT2D eigenvalue weighted by Crippen LogP contribution is -2.23. The van der Waals surface area contributed by atoms with E-state index in [0.717, 1.165) is 18.9 Å². The van der Waals surface area contributed by atoms with Crippen molar-refractivity contribution in [3.05, 3.63) is 49.1 Å². The summed E-state index contributed by atoms with van der Waals surface area (Å²) >= 11 is 0. The highest BCUT2D eigenvalue weighted by Gasteiger charge is 2.16. The summed E-state index contributed by atoms with van der Waals surface area (Å²) in [6.45, 7) is 33.2. The molecule has 0 bridgehead atoms. The van der Waals surface area contributed by atoms with E-state index >= 15 is 0 Å². The number of carbonyl (C=O) groups excluding carboxylic acids is 3. The number of unbranched alkanes of at least 4 members (excludes halogenated alkanes) is 1. The van der Waals surface area contributed by atoms with E-state index in [0.29, 0.717) is 41.8 Å². The molecule has 0 amide bonds. The zero-order valence-electron chi connectivity index (χ0n) is 26.1. The average molecular weight is 555 g/mol. The highest BCUT2D eigenvalue weighted by atomic mass is 16.6. The lowest BCUT2D eigenvalue weighted by Gasteiger charge is -2.19. The van der Waals surface area contributed by atoms with E-state index in [-0.39, 0.29) is 17.9 Å². The second-order valence-corrected chi connectivity index (χ2v) is 10.4. The Balaban J connectivity index is -0.000000220. The molecule has 0 aliphatic heterocycles. The van der Waals surface area contributed by atoms with Gasteiger partial charge in [-0.25, -0.2) is 19.2 Å². The Morgan fingerprint density at radius 3 is 1.44 bits per heavy atom. The summed E-state index contributed by atoms with van der Waals surface area (Å²) in [5.41, 5.74) is 0.974. The molecule has 1 unspecified atom stereocenters. The topological polar surface area (TPSA) is 116 Å². The minimum atomic E-state index is -0.981. The Morgan fingerprint density at radius 2 is 1.21 bits per heavy atom. The van der Waals surface area contributed by atoms with E-state index in [4.69, 9.17) is 19.3 Å². The third kappa shape index (κ3) is 37.1. The first-order chi connectivity index (χ1) is 17.7. The molecule has 1 N–H and O–H groups in total. The van der Waals surface area contributed by atoms with Crippen LogP contribution in [0, 0.1) is 11.8 Å². The summed E-state index contributed by atoms with van der Waals surface area (Å²) in [5.74, 6) is -0.965. The van der Waals surface area contributed by atoms with Crippen LogP contribution in [0.4, 0.5) is 0 Å². The van der Waals surface area contributed by atoms with E-state index in [1.54, 1.807) is 20.8 Å². The number of carbonyl (C=O) groups is 4. The van der Waals surface area contributed by atoms with E-state index < -0.39 is 11.6 Å². The maximum absolute atomic E-state index is 11.1. The van der Waals surface area contributed by atoms with Crippen LogP contribution >= 0.6 is 0 Å². The van der Waals surface area contributed by atoms with Crippen LogP contribution < -0.4 is 0 Å². The number of carboxylic acids is 1. The van der Waals surface area contributed by atoms with Crippen molar-refractivity contribution in [1.29, 1.82) is 0 Å². The van der Waals surface area contributed by atoms with Gasteiger partial charge in [-0.05, 0) is 59.8 Å². The van der Waals surface area contributed by atoms with E-state index in [2.05, 4.69) is 40.2 Å². The van der Waals surface area contributed by atoms with Gasteiger partial charge >= 0.3 is 23.9 Å². The molecule has 0 aromatic heterocycles. The first-order valence-corrected chi connectivity index (χ1v) is 13.1. The van der Waals surface area contributed by atoms with Crippen LogP contribution in [-0.2, 0) is 33.4 Å². The van der Waals surface area contributed by atoms with Gasteiger partial charge in [0.1, 0.15) is 5.60 Å². The lowest BCUT2D eigenvalue weighted by molar-refractivity contribution is -0.149. The minimum Gasteiger partial charge on any atom is -0.478 e. The molecule has 0 heterocycles. The summed E-state index contributed by atoms with van der Waals surface area (Å²) in [6.07, 6.45) is 5.47. The minimum absolute atomic E-state index is 0.264. The molecule has 1 atom stereocenters. The molecule has 0 aliphatic rings. The maximum Gasteiger partial charge on any atom is 0.333 e. The number of carboxylic acid groups (broad SMARTS) is 1. The van der Waals surface area contributed by atoms with Gasteiger partial charge < -0.3 is 19.3 Å². The number of aliphatic carboxylic acids is 1. The summed E-state index contributed by atoms with van der Waals surface area (Å²) in [7, 11) is 0. The predicted molar refractivity (Wildman–Crippen MR) is 158 cm³/mol. The fourth-order valence-electron chi connectivity index (χ4n) is 1.95. The molecule has 0 radical (unpaired) electrons. The van der Waals surface area contributed by atoms with Crippen LogP contribution in [0.2, 0.25) is 0 Å². The van der Waals surface area contributed by atoms with Crippen LogP contribution in [0.25, 0.3) is 0 Å². The molecule has 0 saturated carbocycles. The fourth-order valence-corrected chi connectivity index (χ4v) is 1.95. The molecule has 0 saturated heterocycles. The Bertz CT molecular complexity index is 785. The average Bonchev–Trinajstić information content (AvgIpc) is 2.82. The van der Waals surface area contributed by atoms with Gasteiger partial charge in [-0.3, -0.25) is 0 Å². The monoisotopic (exact) mass is 554 g/mol. The van der Waals surface area contributed by atoms with Gasteiger partial charge in [0.2, 0.25) is 0 Å². The van der Waals surface area contributed by atoms with Gasteiger partial charge in [0.25, 0.3) is 0 Å². The summed E-state index contributed by atoms with van der Waals surface area (Å²) in [6, 6.07) is 0. The summed E-state index contributed by atoms with van der Waals surface area (Å²) in [4.78, 5) is 41.9. The van der Waals surface area contributed by atoms with Crippen LogP contribution in [0.1, 0.15) is 94.9 Å². The zero-order valence-corrected chi connectivity index (χ0v) is 26.1. The second kappa shape index (κ2) is 25.1. The number of rotatable bonds is 12. The van der Waals surface area contributed by atoms with E-state index in [1.165, 1.54) is 12.8 Å². The number of hydrogen-bond acceptors (Lipinski definition) is 7. The normalized spacial score (nSPS) is 10.4. The van der Waals surface area contributed by atoms with Gasteiger partial charge in [-0.1, -0.05) is 73.3 Å². The molecule has 8 heteroatoms. The van der Waals surface area contributed by atoms with Crippen LogP contribution in [0.3, 0.4) is 0 Å². The largest absolute Gasteiger partial charge is 0.478 e. The molecule has 0 fully saturated rings. The smallest absolute Gasteiger partial charge is 0.333 e. The zero-order chi connectivity index (χ0) is 31.8. The quantitative estimate of drug-likeness (QED) is 0.152. The van der Waals surface area contributed by atoms with Crippen molar-refractivity contribution in [2.24, 2.45) is 11.8 Å². The SMILES string of the molecule is C=C(C)C(=O)OC(C)(C)C.C=C(C)C(=O)OCC(C)C.C=C(C)C(=O)OCC(CC)CCCC.C=CC(=O)O. The molecular formula is C31H54O8. The lowest BCUT2D eigenvalue weighted by atomic mass is 10.0. The Kier molecular flexibility index (Phi) is 27.7. The van der Waals surface area contributed by atoms with Gasteiger partial charge in [-0.15, -0.1) is 0 Å². The third-order valence-electron chi connectivity index (χ3n) is 4.16. The van der Waals surface area contributed by atoms with Crippen LogP contribution in [-0.4, -0.2) is 47.8 Å². The summed E-state index contributed by atoms with van der Waals surface area (Å²) in [5, 5.41) is 7.60. The van der Waals surface area contributed by atoms with Crippen LogP contribution in [0.15, 0.2) is 49.1 Å². The maximum atomic E-state index is 11.1. The van der Waals surface area contributed by atoms with Gasteiger partial charge in [0, 0.05) is 22.8 Å². The molecule has 0 rings (SSSR count). The number of hydrogen-bond donors (Lipinski definition) is 1. The third-order valence-corrected chi connectivity index (χ3v) is 4.16. The molecule has 39 heavy (non-hydrogen) atoms. The van der Waals surface area contributed by atoms with Crippen molar-refractivity contribution in [2.75, 3.05) is 13.2 Å². The first kappa shape index (κ1) is 42.9. The first-order valence-electron chi connectivity index (χ1n) is 13.1. The molecule has 0 spiro atoms.